The van der Waals surface area contributed by atoms with Crippen molar-refractivity contribution < 1.29 is 32.7 Å². The lowest BCUT2D eigenvalue weighted by Gasteiger charge is -2.30. The molecular formula is C28H30N6O7S. The maximum atomic E-state index is 13.5. The van der Waals surface area contributed by atoms with Gasteiger partial charge in [-0.15, -0.1) is 0 Å². The van der Waals surface area contributed by atoms with Crippen LogP contribution in [0.5, 0.6) is 0 Å². The number of sulfonamides is 1. The number of aliphatic carboxylic acids is 1. The molecule has 1 aliphatic rings. The van der Waals surface area contributed by atoms with Crippen LogP contribution in [0.3, 0.4) is 0 Å². The molecule has 1 fully saturated rings. The Morgan fingerprint density at radius 1 is 1.00 bits per heavy atom. The van der Waals surface area contributed by atoms with Crippen molar-refractivity contribution in [1.82, 2.24) is 25.2 Å². The van der Waals surface area contributed by atoms with Crippen molar-refractivity contribution >= 4 is 45.2 Å². The Morgan fingerprint density at radius 3 is 2.43 bits per heavy atom. The molecule has 2 aromatic carbocycles. The second-order valence-corrected chi connectivity index (χ2v) is 11.2. The first-order valence-electron chi connectivity index (χ1n) is 13.1. The molecule has 5 N–H and O–H groups in total. The molecule has 0 bridgehead atoms. The Balaban J connectivity index is 1.42. The molecule has 1 aromatic heterocycles. The van der Waals surface area contributed by atoms with Gasteiger partial charge in [-0.2, -0.15) is 0 Å². The van der Waals surface area contributed by atoms with Gasteiger partial charge < -0.3 is 26.4 Å². The fraction of sp³-hybridized carbons (Fsp3) is 0.250. The van der Waals surface area contributed by atoms with E-state index in [0.29, 0.717) is 35.2 Å². The number of nitrogens with zero attached hydrogens (tertiary/aromatic N) is 2. The Bertz CT molecular complexity index is 1530. The van der Waals surface area contributed by atoms with Crippen molar-refractivity contribution in [2.45, 2.75) is 29.8 Å². The minimum Gasteiger partial charge on any atom is -0.480 e. The predicted octanol–water partition coefficient (Wildman–Crippen LogP) is 1.09. The average Bonchev–Trinajstić information content (AvgIpc) is 3.54. The third-order valence-electron chi connectivity index (χ3n) is 6.41. The van der Waals surface area contributed by atoms with Gasteiger partial charge in [0.05, 0.1) is 24.0 Å². The highest BCUT2D eigenvalue weighted by molar-refractivity contribution is 7.89. The molecular weight excluding hydrogens is 564 g/mol. The van der Waals surface area contributed by atoms with Crippen LogP contribution in [-0.2, 0) is 24.4 Å². The van der Waals surface area contributed by atoms with Gasteiger partial charge in [0.25, 0.3) is 21.8 Å². The molecule has 4 rings (SSSR count). The van der Waals surface area contributed by atoms with Crippen LogP contribution >= 0.6 is 0 Å². The van der Waals surface area contributed by atoms with Crippen LogP contribution in [0.15, 0.2) is 83.9 Å². The van der Waals surface area contributed by atoms with Gasteiger partial charge in [-0.3, -0.25) is 14.4 Å². The van der Waals surface area contributed by atoms with E-state index < -0.39 is 58.9 Å². The molecule has 0 saturated carbocycles. The molecule has 1 saturated heterocycles. The lowest BCUT2D eigenvalue weighted by molar-refractivity contribution is -0.146. The van der Waals surface area contributed by atoms with Crippen molar-refractivity contribution in [1.29, 1.82) is 0 Å². The molecule has 2 heterocycles. The van der Waals surface area contributed by atoms with Gasteiger partial charge in [-0.05, 0) is 61.9 Å². The van der Waals surface area contributed by atoms with Gasteiger partial charge in [0.15, 0.2) is 6.04 Å². The predicted molar refractivity (Wildman–Crippen MR) is 152 cm³/mol. The van der Waals surface area contributed by atoms with E-state index in [2.05, 4.69) is 26.3 Å². The summed E-state index contributed by atoms with van der Waals surface area (Å²) in [5.41, 5.74) is 0.846. The van der Waals surface area contributed by atoms with Crippen molar-refractivity contribution in [2.24, 2.45) is 0 Å². The van der Waals surface area contributed by atoms with Crippen molar-refractivity contribution in [2.75, 3.05) is 25.0 Å². The Kier molecular flexibility index (Phi) is 9.83. The Hall–Kier alpha value is -4.82. The lowest BCUT2D eigenvalue weighted by atomic mass is 10.2. The number of anilines is 2. The van der Waals surface area contributed by atoms with E-state index >= 15 is 0 Å². The van der Waals surface area contributed by atoms with E-state index in [1.165, 1.54) is 24.3 Å². The summed E-state index contributed by atoms with van der Waals surface area (Å²) in [5, 5.41) is 20.7. The summed E-state index contributed by atoms with van der Waals surface area (Å²) in [5.74, 6) is -3.32. The Morgan fingerprint density at radius 2 is 1.76 bits per heavy atom. The van der Waals surface area contributed by atoms with Gasteiger partial charge in [0.1, 0.15) is 5.82 Å². The average molecular weight is 595 g/mol. The zero-order valence-electron chi connectivity index (χ0n) is 22.4. The van der Waals surface area contributed by atoms with E-state index in [-0.39, 0.29) is 10.5 Å². The quantitative estimate of drug-likeness (QED) is 0.203. The largest absolute Gasteiger partial charge is 0.480 e. The molecule has 2 atom stereocenters. The normalized spacial score (nSPS) is 15.3. The zero-order valence-corrected chi connectivity index (χ0v) is 23.2. The zero-order chi connectivity index (χ0) is 30.1. The SMILES string of the molecule is O=C(CNC(=O)c1cccc(Nc2ccccn2)c1)NC[C@@H](C(=O)O)N(C(=O)[C@@H]1CCCN1)S(=O)(=O)c1ccccc1. The first-order valence-corrected chi connectivity index (χ1v) is 14.5. The molecule has 13 nitrogen and oxygen atoms in total. The van der Waals surface area contributed by atoms with E-state index in [0.717, 1.165) is 0 Å². The number of pyridine rings is 1. The highest BCUT2D eigenvalue weighted by Gasteiger charge is 2.43. The van der Waals surface area contributed by atoms with Crippen LogP contribution in [0, 0.1) is 0 Å². The standard InChI is InChI=1S/C28H30N6O7S/c35-25(18-32-26(36)19-8-6-9-20(16-19)33-24-13-4-5-14-30-24)31-17-23(28(38)39)34(27(37)22-12-7-15-29-22)42(40,41)21-10-2-1-3-11-21/h1-6,8-11,13-14,16,22-23,29H,7,12,15,17-18H2,(H,30,33)(H,31,35)(H,32,36)(H,38,39)/t22-,23-/m0/s1. The van der Waals surface area contributed by atoms with Gasteiger partial charge in [0, 0.05) is 17.4 Å². The molecule has 0 unspecified atom stereocenters. The number of nitrogens with one attached hydrogen (secondary N) is 4. The monoisotopic (exact) mass is 594 g/mol. The summed E-state index contributed by atoms with van der Waals surface area (Å²) in [7, 11) is -4.59. The summed E-state index contributed by atoms with van der Waals surface area (Å²) >= 11 is 0. The second-order valence-electron chi connectivity index (χ2n) is 9.36. The van der Waals surface area contributed by atoms with E-state index in [4.69, 9.17) is 0 Å². The number of hydrogen-bond acceptors (Lipinski definition) is 9. The summed E-state index contributed by atoms with van der Waals surface area (Å²) in [6, 6.07) is 16.0. The van der Waals surface area contributed by atoms with Gasteiger partial charge in [-0.1, -0.05) is 30.3 Å². The van der Waals surface area contributed by atoms with E-state index in [1.54, 1.807) is 54.7 Å². The van der Waals surface area contributed by atoms with Crippen LogP contribution in [0.1, 0.15) is 23.2 Å². The molecule has 42 heavy (non-hydrogen) atoms. The lowest BCUT2D eigenvalue weighted by Crippen LogP contribution is -2.57. The first kappa shape index (κ1) is 30.1. The van der Waals surface area contributed by atoms with E-state index in [1.807, 2.05) is 0 Å². The highest BCUT2D eigenvalue weighted by atomic mass is 32.2. The van der Waals surface area contributed by atoms with Crippen molar-refractivity contribution in [3.8, 4) is 0 Å². The molecule has 3 aromatic rings. The third-order valence-corrected chi connectivity index (χ3v) is 8.23. The van der Waals surface area contributed by atoms with Crippen LogP contribution in [0.4, 0.5) is 11.5 Å². The number of carboxylic acids is 1. The molecule has 0 radical (unpaired) electrons. The number of benzene rings is 2. The summed E-state index contributed by atoms with van der Waals surface area (Å²) < 4.78 is 27.3. The number of aromatic nitrogens is 1. The van der Waals surface area contributed by atoms with E-state index in [9.17, 15) is 32.7 Å². The summed E-state index contributed by atoms with van der Waals surface area (Å²) in [6.07, 6.45) is 2.57. The number of carboxylic acid groups (broad SMARTS) is 1. The molecule has 14 heteroatoms. The number of carbonyl (C=O) groups is 4. The molecule has 0 aliphatic carbocycles. The molecule has 0 spiro atoms. The van der Waals surface area contributed by atoms with Crippen LogP contribution < -0.4 is 21.3 Å². The summed E-state index contributed by atoms with van der Waals surface area (Å²) in [6.45, 7) is -0.753. The second kappa shape index (κ2) is 13.7. The van der Waals surface area contributed by atoms with Crippen LogP contribution in [0.2, 0.25) is 0 Å². The van der Waals surface area contributed by atoms with Crippen molar-refractivity contribution in [3.05, 3.63) is 84.6 Å². The number of rotatable bonds is 12. The topological polar surface area (TPSA) is 187 Å². The molecule has 3 amide bonds. The van der Waals surface area contributed by atoms with Crippen LogP contribution in [-0.4, -0.2) is 78.2 Å². The minimum absolute atomic E-state index is 0.252. The maximum absolute atomic E-state index is 13.5. The summed E-state index contributed by atoms with van der Waals surface area (Å²) in [4.78, 5) is 54.7. The fourth-order valence-electron chi connectivity index (χ4n) is 4.32. The number of carbonyl (C=O) groups excluding carboxylic acids is 3. The van der Waals surface area contributed by atoms with Gasteiger partial charge in [-0.25, -0.2) is 22.5 Å². The van der Waals surface area contributed by atoms with Crippen molar-refractivity contribution in [3.63, 3.8) is 0 Å². The first-order chi connectivity index (χ1) is 20.2. The third kappa shape index (κ3) is 7.47. The van der Waals surface area contributed by atoms with Crippen LogP contribution in [0.25, 0.3) is 0 Å². The minimum atomic E-state index is -4.59. The molecule has 220 valence electrons. The smallest absolute Gasteiger partial charge is 0.329 e. The van der Waals surface area contributed by atoms with Gasteiger partial charge in [0.2, 0.25) is 5.91 Å². The van der Waals surface area contributed by atoms with Gasteiger partial charge >= 0.3 is 5.97 Å². The Labute approximate surface area is 242 Å². The highest BCUT2D eigenvalue weighted by Crippen LogP contribution is 2.22. The number of hydrogen-bond donors (Lipinski definition) is 5. The fourth-order valence-corrected chi connectivity index (χ4v) is 5.92. The number of amides is 3. The maximum Gasteiger partial charge on any atom is 0.329 e. The molecule has 1 aliphatic heterocycles.